The molecule has 1 nitrogen and oxygen atoms in total. The van der Waals surface area contributed by atoms with Gasteiger partial charge in [0.1, 0.15) is 0 Å². The number of benzene rings is 1. The zero-order chi connectivity index (χ0) is 13.4. The molecule has 0 bridgehead atoms. The molecule has 1 heteroatoms. The van der Waals surface area contributed by atoms with Gasteiger partial charge in [-0.2, -0.15) is 0 Å². The maximum absolute atomic E-state index is 3.82. The molecule has 0 aromatic heterocycles. The smallest absolute Gasteiger partial charge is 0.0752 e. The minimum atomic E-state index is 0.277. The lowest BCUT2D eigenvalue weighted by Gasteiger charge is -2.24. The first kappa shape index (κ1) is 14.5. The van der Waals surface area contributed by atoms with E-state index >= 15 is 0 Å². The molecular weight excluding hydrogens is 218 g/mol. The van der Waals surface area contributed by atoms with Gasteiger partial charge in [0.2, 0.25) is 0 Å². The van der Waals surface area contributed by atoms with Gasteiger partial charge < -0.3 is 0 Å². The summed E-state index contributed by atoms with van der Waals surface area (Å²) in [6, 6.07) is 8.64. The average molecular weight is 241 g/mol. The molecule has 0 heterocycles. The number of hydrogen-bond acceptors (Lipinski definition) is 1. The fourth-order valence-electron chi connectivity index (χ4n) is 1.93. The van der Waals surface area contributed by atoms with Crippen molar-refractivity contribution in [3.8, 4) is 11.8 Å². The highest BCUT2D eigenvalue weighted by Crippen LogP contribution is 2.05. The van der Waals surface area contributed by atoms with E-state index < -0.39 is 0 Å². The highest BCUT2D eigenvalue weighted by atomic mass is 15.1. The van der Waals surface area contributed by atoms with Crippen molar-refractivity contribution in [3.05, 3.63) is 48.0 Å². The molecule has 0 fully saturated rings. The lowest BCUT2D eigenvalue weighted by Crippen LogP contribution is -2.33. The maximum atomic E-state index is 3.82. The van der Waals surface area contributed by atoms with Crippen LogP contribution in [-0.2, 0) is 0 Å². The Kier molecular flexibility index (Phi) is 6.25. The van der Waals surface area contributed by atoms with E-state index in [1.54, 1.807) is 0 Å². The molecule has 1 aromatic rings. The summed E-state index contributed by atoms with van der Waals surface area (Å²) in [7, 11) is 0. The Labute approximate surface area is 112 Å². The van der Waals surface area contributed by atoms with Crippen LogP contribution in [0.3, 0.4) is 0 Å². The van der Waals surface area contributed by atoms with E-state index in [2.05, 4.69) is 68.4 Å². The van der Waals surface area contributed by atoms with Crippen LogP contribution in [0.5, 0.6) is 0 Å². The van der Waals surface area contributed by atoms with Crippen LogP contribution in [0.2, 0.25) is 0 Å². The second kappa shape index (κ2) is 7.74. The van der Waals surface area contributed by atoms with Crippen LogP contribution in [0, 0.1) is 18.8 Å². The first-order valence-electron chi connectivity index (χ1n) is 6.64. The van der Waals surface area contributed by atoms with E-state index in [0.717, 1.165) is 25.1 Å². The summed E-state index contributed by atoms with van der Waals surface area (Å²) >= 11 is 0. The summed E-state index contributed by atoms with van der Waals surface area (Å²) in [6.45, 7) is 12.3. The molecule has 0 aliphatic rings. The van der Waals surface area contributed by atoms with Crippen molar-refractivity contribution in [3.63, 3.8) is 0 Å². The van der Waals surface area contributed by atoms with Gasteiger partial charge in [-0.05, 0) is 38.6 Å². The minimum Gasteiger partial charge on any atom is -0.290 e. The molecular formula is C17H23N. The van der Waals surface area contributed by atoms with E-state index in [-0.39, 0.29) is 6.04 Å². The fraction of sp³-hybridized carbons (Fsp3) is 0.412. The van der Waals surface area contributed by atoms with E-state index in [9.17, 15) is 0 Å². The normalized spacial score (nSPS) is 11.8. The molecule has 0 spiro atoms. The Morgan fingerprint density at radius 2 is 1.83 bits per heavy atom. The maximum Gasteiger partial charge on any atom is 0.0752 e. The SMILES string of the molecule is C=CC[C@@H](C#Cc1ccc(C)cc1)N(CC)CC. The largest absolute Gasteiger partial charge is 0.290 e. The highest BCUT2D eigenvalue weighted by Gasteiger charge is 2.10. The first-order valence-corrected chi connectivity index (χ1v) is 6.64. The van der Waals surface area contributed by atoms with Crippen LogP contribution >= 0.6 is 0 Å². The molecule has 1 rings (SSSR count). The van der Waals surface area contributed by atoms with Crippen molar-refractivity contribution in [2.24, 2.45) is 0 Å². The van der Waals surface area contributed by atoms with Crippen molar-refractivity contribution < 1.29 is 0 Å². The minimum absolute atomic E-state index is 0.277. The topological polar surface area (TPSA) is 3.24 Å². The second-order valence-corrected chi connectivity index (χ2v) is 4.40. The number of hydrogen-bond donors (Lipinski definition) is 0. The van der Waals surface area contributed by atoms with Gasteiger partial charge in [-0.25, -0.2) is 0 Å². The van der Waals surface area contributed by atoms with Gasteiger partial charge in [0.15, 0.2) is 0 Å². The van der Waals surface area contributed by atoms with Gasteiger partial charge in [0.25, 0.3) is 0 Å². The van der Waals surface area contributed by atoms with Crippen LogP contribution in [0.15, 0.2) is 36.9 Å². The van der Waals surface area contributed by atoms with E-state index in [1.165, 1.54) is 5.56 Å². The average Bonchev–Trinajstić information content (AvgIpc) is 2.39. The zero-order valence-electron chi connectivity index (χ0n) is 11.7. The van der Waals surface area contributed by atoms with Crippen molar-refractivity contribution >= 4 is 0 Å². The molecule has 0 N–H and O–H groups in total. The van der Waals surface area contributed by atoms with Gasteiger partial charge in [-0.15, -0.1) is 6.58 Å². The predicted octanol–water partition coefficient (Wildman–Crippen LogP) is 3.63. The third kappa shape index (κ3) is 4.39. The third-order valence-electron chi connectivity index (χ3n) is 3.08. The van der Waals surface area contributed by atoms with E-state index in [0.29, 0.717) is 0 Å². The Hall–Kier alpha value is -1.52. The molecule has 96 valence electrons. The second-order valence-electron chi connectivity index (χ2n) is 4.40. The summed E-state index contributed by atoms with van der Waals surface area (Å²) in [5.74, 6) is 6.63. The van der Waals surface area contributed by atoms with E-state index in [4.69, 9.17) is 0 Å². The molecule has 1 aromatic carbocycles. The van der Waals surface area contributed by atoms with Gasteiger partial charge in [0, 0.05) is 5.56 Å². The van der Waals surface area contributed by atoms with Gasteiger partial charge in [-0.1, -0.05) is 49.5 Å². The van der Waals surface area contributed by atoms with Crippen molar-refractivity contribution in [1.29, 1.82) is 0 Å². The monoisotopic (exact) mass is 241 g/mol. The van der Waals surface area contributed by atoms with Crippen LogP contribution in [0.25, 0.3) is 0 Å². The summed E-state index contributed by atoms with van der Waals surface area (Å²) in [6.07, 6.45) is 2.87. The van der Waals surface area contributed by atoms with Crippen molar-refractivity contribution in [2.75, 3.05) is 13.1 Å². The van der Waals surface area contributed by atoms with Crippen LogP contribution in [-0.4, -0.2) is 24.0 Å². The molecule has 1 atom stereocenters. The summed E-state index contributed by atoms with van der Waals surface area (Å²) in [5.41, 5.74) is 2.36. The quantitative estimate of drug-likeness (QED) is 0.562. The zero-order valence-corrected chi connectivity index (χ0v) is 11.7. The molecule has 0 amide bonds. The molecule has 18 heavy (non-hydrogen) atoms. The van der Waals surface area contributed by atoms with Crippen molar-refractivity contribution in [1.82, 2.24) is 4.90 Å². The number of rotatable bonds is 5. The highest BCUT2D eigenvalue weighted by molar-refractivity contribution is 5.36. The van der Waals surface area contributed by atoms with Gasteiger partial charge in [-0.3, -0.25) is 4.90 Å². The summed E-state index contributed by atoms with van der Waals surface area (Å²) in [5, 5.41) is 0. The predicted molar refractivity (Wildman–Crippen MR) is 79.6 cm³/mol. The lowest BCUT2D eigenvalue weighted by molar-refractivity contribution is 0.262. The lowest BCUT2D eigenvalue weighted by atomic mass is 10.1. The standard InChI is InChI=1S/C17H23N/c1-5-8-17(18(6-2)7-3)14-13-16-11-9-15(4)10-12-16/h5,9-12,17H,1,6-8H2,2-4H3/t17-/m0/s1. The van der Waals surface area contributed by atoms with Crippen molar-refractivity contribution in [2.45, 2.75) is 33.2 Å². The van der Waals surface area contributed by atoms with E-state index in [1.807, 2.05) is 6.08 Å². The summed E-state index contributed by atoms with van der Waals surface area (Å²) in [4.78, 5) is 2.36. The molecule has 0 radical (unpaired) electrons. The number of nitrogens with zero attached hydrogens (tertiary/aromatic N) is 1. The number of aryl methyl sites for hydroxylation is 1. The third-order valence-corrected chi connectivity index (χ3v) is 3.08. The van der Waals surface area contributed by atoms with Crippen LogP contribution in [0.1, 0.15) is 31.4 Å². The first-order chi connectivity index (χ1) is 8.71. The van der Waals surface area contributed by atoms with Gasteiger partial charge >= 0.3 is 0 Å². The molecule has 0 saturated heterocycles. The van der Waals surface area contributed by atoms with Gasteiger partial charge in [0.05, 0.1) is 6.04 Å². The fourth-order valence-corrected chi connectivity index (χ4v) is 1.93. The molecule has 0 saturated carbocycles. The Morgan fingerprint density at radius 1 is 1.22 bits per heavy atom. The Bertz CT molecular complexity index is 415. The molecule has 0 aliphatic heterocycles. The van der Waals surface area contributed by atoms with Crippen LogP contribution in [0.4, 0.5) is 0 Å². The molecule has 0 unspecified atom stereocenters. The Morgan fingerprint density at radius 3 is 2.33 bits per heavy atom. The Balaban J connectivity index is 2.83. The molecule has 0 aliphatic carbocycles. The van der Waals surface area contributed by atoms with Crippen LogP contribution < -0.4 is 0 Å². The summed E-state index contributed by atoms with van der Waals surface area (Å²) < 4.78 is 0.